The quantitative estimate of drug-likeness (QED) is 0.409. The van der Waals surface area contributed by atoms with E-state index in [1.165, 1.54) is 43.3 Å². The van der Waals surface area contributed by atoms with Crippen molar-refractivity contribution < 1.29 is 36.0 Å². The number of carbonyl (C=O) groups is 3. The number of alkyl halides is 3. The second-order valence-corrected chi connectivity index (χ2v) is 11.4. The Hall–Kier alpha value is -3.97. The third-order valence-corrected chi connectivity index (χ3v) is 7.88. The van der Waals surface area contributed by atoms with Crippen molar-refractivity contribution in [3.8, 4) is 0 Å². The van der Waals surface area contributed by atoms with E-state index in [1.54, 1.807) is 18.2 Å². The van der Waals surface area contributed by atoms with Crippen molar-refractivity contribution in [3.05, 3.63) is 83.1 Å². The van der Waals surface area contributed by atoms with Crippen LogP contribution >= 0.6 is 11.6 Å². The second kappa shape index (κ2) is 9.97. The van der Waals surface area contributed by atoms with Crippen LogP contribution in [0.4, 0.5) is 29.3 Å². The number of halogens is 4. The van der Waals surface area contributed by atoms with Gasteiger partial charge in [-0.1, -0.05) is 11.6 Å². The van der Waals surface area contributed by atoms with Gasteiger partial charge in [0, 0.05) is 16.8 Å². The molecule has 204 valence electrons. The zero-order valence-corrected chi connectivity index (χ0v) is 21.9. The van der Waals surface area contributed by atoms with Crippen LogP contribution in [0.25, 0.3) is 0 Å². The van der Waals surface area contributed by atoms with Gasteiger partial charge in [-0.2, -0.15) is 13.2 Å². The van der Waals surface area contributed by atoms with Gasteiger partial charge in [0.05, 0.1) is 29.0 Å². The van der Waals surface area contributed by atoms with Gasteiger partial charge in [-0.25, -0.2) is 18.1 Å². The van der Waals surface area contributed by atoms with Crippen LogP contribution in [0.1, 0.15) is 29.8 Å². The Bertz CT molecular complexity index is 1560. The molecule has 1 fully saturated rings. The minimum absolute atomic E-state index is 0.104. The molecular formula is C25H20ClF3N4O5S. The maximum Gasteiger partial charge on any atom is 0.501 e. The summed E-state index contributed by atoms with van der Waals surface area (Å²) in [6, 6.07) is 10.2. The Kier molecular flexibility index (Phi) is 7.17. The zero-order valence-electron chi connectivity index (χ0n) is 20.4. The molecule has 9 nitrogen and oxygen atoms in total. The molecule has 1 aromatic heterocycles. The topological polar surface area (TPSA) is 117 Å². The summed E-state index contributed by atoms with van der Waals surface area (Å²) >= 11 is 5.87. The molecule has 4 rings (SSSR count). The highest BCUT2D eigenvalue weighted by molar-refractivity contribution is 7.92. The average molecular weight is 581 g/mol. The molecule has 0 aliphatic carbocycles. The molecule has 0 bridgehead atoms. The average Bonchev–Trinajstić information content (AvgIpc) is 3.04. The molecule has 1 N–H and O–H groups in total. The predicted octanol–water partition coefficient (Wildman–Crippen LogP) is 5.03. The lowest BCUT2D eigenvalue weighted by molar-refractivity contribution is -0.123. The number of rotatable bonds is 6. The summed E-state index contributed by atoms with van der Waals surface area (Å²) in [5.41, 5.74) is -5.94. The molecule has 4 amide bonds. The van der Waals surface area contributed by atoms with E-state index in [4.69, 9.17) is 11.6 Å². The fourth-order valence-electron chi connectivity index (χ4n) is 3.88. The number of carbonyl (C=O) groups excluding carboxylic acids is 3. The second-order valence-electron chi connectivity index (χ2n) is 9.01. The van der Waals surface area contributed by atoms with E-state index in [-0.39, 0.29) is 17.9 Å². The van der Waals surface area contributed by atoms with Crippen molar-refractivity contribution in [1.29, 1.82) is 0 Å². The molecule has 0 unspecified atom stereocenters. The van der Waals surface area contributed by atoms with Gasteiger partial charge in [-0.3, -0.25) is 14.6 Å². The Morgan fingerprint density at radius 1 is 1.03 bits per heavy atom. The minimum Gasteiger partial charge on any atom is -0.320 e. The fourth-order valence-corrected chi connectivity index (χ4v) is 4.76. The van der Waals surface area contributed by atoms with Crippen LogP contribution in [0.2, 0.25) is 5.02 Å². The Morgan fingerprint density at radius 2 is 1.64 bits per heavy atom. The lowest BCUT2D eigenvalue weighted by Gasteiger charge is -2.28. The molecule has 2 heterocycles. The molecule has 1 aliphatic heterocycles. The minimum atomic E-state index is -5.60. The van der Waals surface area contributed by atoms with E-state index in [0.717, 1.165) is 17.0 Å². The number of anilines is 2. The Morgan fingerprint density at radius 3 is 2.23 bits per heavy atom. The smallest absolute Gasteiger partial charge is 0.320 e. The van der Waals surface area contributed by atoms with Crippen LogP contribution < -0.4 is 10.2 Å². The van der Waals surface area contributed by atoms with E-state index in [2.05, 4.69) is 10.3 Å². The van der Waals surface area contributed by atoms with Crippen molar-refractivity contribution in [1.82, 2.24) is 9.88 Å². The SMILES string of the molecule is CC1(C)C(=O)N(c2ccc(S(=O)(=O)C(F)(F)F)cc2)C(=O)N1Cc1ccncc1NC(=O)c1ccc(Cl)cc1. The van der Waals surface area contributed by atoms with E-state index in [0.29, 0.717) is 28.3 Å². The van der Waals surface area contributed by atoms with Gasteiger partial charge < -0.3 is 10.2 Å². The summed E-state index contributed by atoms with van der Waals surface area (Å²) in [4.78, 5) is 44.3. The molecule has 39 heavy (non-hydrogen) atoms. The van der Waals surface area contributed by atoms with E-state index in [9.17, 15) is 36.0 Å². The summed E-state index contributed by atoms with van der Waals surface area (Å²) in [6.07, 6.45) is 2.83. The highest BCUT2D eigenvalue weighted by Gasteiger charge is 2.52. The van der Waals surface area contributed by atoms with Gasteiger partial charge in [0.1, 0.15) is 5.54 Å². The van der Waals surface area contributed by atoms with Crippen LogP contribution in [0.5, 0.6) is 0 Å². The standard InChI is InChI=1S/C25H20ClF3N4O5S/c1-24(2)22(35)33(18-7-9-19(10-8-18)39(37,38)25(27,28)29)23(36)32(24)14-16-11-12-30-13-20(16)31-21(34)15-3-5-17(26)6-4-15/h3-13H,14H2,1-2H3,(H,31,34). The number of nitrogens with one attached hydrogen (secondary N) is 1. The van der Waals surface area contributed by atoms with Crippen molar-refractivity contribution >= 4 is 50.7 Å². The fraction of sp³-hybridized carbons (Fsp3) is 0.200. The number of imide groups is 1. The number of urea groups is 1. The maximum atomic E-state index is 13.4. The first-order valence-electron chi connectivity index (χ1n) is 11.2. The molecule has 14 heteroatoms. The van der Waals surface area contributed by atoms with Gasteiger partial charge in [-0.15, -0.1) is 0 Å². The van der Waals surface area contributed by atoms with E-state index in [1.807, 2.05) is 0 Å². The number of amides is 4. The first-order chi connectivity index (χ1) is 18.1. The molecule has 2 aromatic carbocycles. The van der Waals surface area contributed by atoms with Gasteiger partial charge in [0.2, 0.25) is 0 Å². The third kappa shape index (κ3) is 5.19. The van der Waals surface area contributed by atoms with Crippen LogP contribution in [-0.4, -0.2) is 47.2 Å². The molecule has 3 aromatic rings. The summed E-state index contributed by atoms with van der Waals surface area (Å²) in [7, 11) is -5.60. The van der Waals surface area contributed by atoms with Crippen molar-refractivity contribution in [2.45, 2.75) is 36.3 Å². The van der Waals surface area contributed by atoms with Crippen molar-refractivity contribution in [2.24, 2.45) is 0 Å². The van der Waals surface area contributed by atoms with E-state index >= 15 is 0 Å². The maximum absolute atomic E-state index is 13.4. The number of hydrogen-bond donors (Lipinski definition) is 1. The monoisotopic (exact) mass is 580 g/mol. The molecule has 1 saturated heterocycles. The number of benzene rings is 2. The predicted molar refractivity (Wildman–Crippen MR) is 136 cm³/mol. The molecule has 1 aliphatic rings. The summed E-state index contributed by atoms with van der Waals surface area (Å²) in [5, 5.41) is 3.17. The summed E-state index contributed by atoms with van der Waals surface area (Å²) in [5.74, 6) is -1.14. The Balaban J connectivity index is 1.60. The molecule has 0 atom stereocenters. The highest BCUT2D eigenvalue weighted by Crippen LogP contribution is 2.36. The van der Waals surface area contributed by atoms with Gasteiger partial charge >= 0.3 is 11.5 Å². The zero-order chi connectivity index (χ0) is 28.8. The lowest BCUT2D eigenvalue weighted by atomic mass is 10.0. The number of sulfone groups is 1. The van der Waals surface area contributed by atoms with Crippen molar-refractivity contribution in [3.63, 3.8) is 0 Å². The lowest BCUT2D eigenvalue weighted by Crippen LogP contribution is -2.43. The van der Waals surface area contributed by atoms with Gasteiger partial charge in [0.25, 0.3) is 21.7 Å². The molecule has 0 saturated carbocycles. The van der Waals surface area contributed by atoms with E-state index < -0.39 is 43.6 Å². The number of pyridine rings is 1. The van der Waals surface area contributed by atoms with Crippen LogP contribution in [0.3, 0.4) is 0 Å². The Labute approximate surface area is 226 Å². The molecular weight excluding hydrogens is 561 g/mol. The number of hydrogen-bond acceptors (Lipinski definition) is 6. The van der Waals surface area contributed by atoms with Crippen LogP contribution in [0.15, 0.2) is 71.9 Å². The third-order valence-electron chi connectivity index (χ3n) is 6.13. The van der Waals surface area contributed by atoms with Crippen molar-refractivity contribution in [2.75, 3.05) is 10.2 Å². The van der Waals surface area contributed by atoms with Gasteiger partial charge in [0.15, 0.2) is 0 Å². The first-order valence-corrected chi connectivity index (χ1v) is 13.1. The summed E-state index contributed by atoms with van der Waals surface area (Å²) < 4.78 is 62.0. The first kappa shape index (κ1) is 28.0. The van der Waals surface area contributed by atoms with Crippen LogP contribution in [0, 0.1) is 0 Å². The summed E-state index contributed by atoms with van der Waals surface area (Å²) in [6.45, 7) is 2.85. The molecule has 0 radical (unpaired) electrons. The molecule has 0 spiro atoms. The highest BCUT2D eigenvalue weighted by atomic mass is 35.5. The number of nitrogens with zero attached hydrogens (tertiary/aromatic N) is 3. The van der Waals surface area contributed by atoms with Crippen LogP contribution in [-0.2, 0) is 21.2 Å². The largest absolute Gasteiger partial charge is 0.501 e. The number of aromatic nitrogens is 1. The van der Waals surface area contributed by atoms with Gasteiger partial charge in [-0.05, 0) is 74.0 Å². The normalized spacial score (nSPS) is 15.5.